The predicted molar refractivity (Wildman–Crippen MR) is 142 cm³/mol. The van der Waals surface area contributed by atoms with Crippen LogP contribution in [0.1, 0.15) is 45.2 Å². The summed E-state index contributed by atoms with van der Waals surface area (Å²) >= 11 is 6.23. The maximum atomic E-state index is 13.7. The Morgan fingerprint density at radius 3 is 2.23 bits per heavy atom. The van der Waals surface area contributed by atoms with E-state index >= 15 is 0 Å². The average Bonchev–Trinajstić information content (AvgIpc) is 2.75. The number of benzene rings is 2. The first-order valence-electron chi connectivity index (χ1n) is 11.6. The predicted octanol–water partition coefficient (Wildman–Crippen LogP) is 4.18. The van der Waals surface area contributed by atoms with Gasteiger partial charge in [0, 0.05) is 17.1 Å². The first-order valence-corrected chi connectivity index (χ1v) is 13.9. The van der Waals surface area contributed by atoms with Crippen molar-refractivity contribution in [3.05, 3.63) is 64.7 Å². The van der Waals surface area contributed by atoms with Crippen molar-refractivity contribution in [2.75, 3.05) is 23.7 Å². The number of sulfonamides is 1. The number of hydrogen-bond acceptors (Lipinski definition) is 4. The Kier molecular flexibility index (Phi) is 9.75. The Morgan fingerprint density at radius 1 is 1.06 bits per heavy atom. The van der Waals surface area contributed by atoms with Crippen LogP contribution in [0.4, 0.5) is 5.69 Å². The monoisotopic (exact) mass is 521 g/mol. The van der Waals surface area contributed by atoms with Crippen molar-refractivity contribution in [2.45, 2.75) is 59.0 Å². The van der Waals surface area contributed by atoms with Gasteiger partial charge in [0.25, 0.3) is 0 Å². The molecule has 0 heterocycles. The molecule has 1 N–H and O–H groups in total. The summed E-state index contributed by atoms with van der Waals surface area (Å²) in [5, 5.41) is 3.36. The summed E-state index contributed by atoms with van der Waals surface area (Å²) in [6.45, 7) is 9.01. The minimum atomic E-state index is -3.81. The van der Waals surface area contributed by atoms with Crippen molar-refractivity contribution in [1.29, 1.82) is 0 Å². The summed E-state index contributed by atoms with van der Waals surface area (Å²) in [5.41, 5.74) is 1.43. The smallest absolute Gasteiger partial charge is 0.244 e. The molecule has 0 fully saturated rings. The molecule has 0 unspecified atom stereocenters. The lowest BCUT2D eigenvalue weighted by molar-refractivity contribution is -0.140. The van der Waals surface area contributed by atoms with Crippen LogP contribution in [0.5, 0.6) is 0 Å². The van der Waals surface area contributed by atoms with Gasteiger partial charge in [0.1, 0.15) is 12.6 Å². The van der Waals surface area contributed by atoms with Gasteiger partial charge in [-0.25, -0.2) is 8.42 Å². The Balaban J connectivity index is 2.42. The maximum absolute atomic E-state index is 13.7. The van der Waals surface area contributed by atoms with Gasteiger partial charge < -0.3 is 10.2 Å². The van der Waals surface area contributed by atoms with Crippen molar-refractivity contribution in [3.63, 3.8) is 0 Å². The average molecular weight is 522 g/mol. The number of hydrogen-bond donors (Lipinski definition) is 1. The van der Waals surface area contributed by atoms with E-state index in [1.54, 1.807) is 25.1 Å². The highest BCUT2D eigenvalue weighted by Gasteiger charge is 2.33. The van der Waals surface area contributed by atoms with Crippen molar-refractivity contribution in [2.24, 2.45) is 0 Å². The normalized spacial score (nSPS) is 12.7. The minimum Gasteiger partial charge on any atom is -0.350 e. The van der Waals surface area contributed by atoms with E-state index in [1.807, 2.05) is 58.0 Å². The lowest BCUT2D eigenvalue weighted by Crippen LogP contribution is -2.56. The van der Waals surface area contributed by atoms with E-state index in [0.29, 0.717) is 29.1 Å². The van der Waals surface area contributed by atoms with Gasteiger partial charge >= 0.3 is 0 Å². The third-order valence-electron chi connectivity index (χ3n) is 5.56. The topological polar surface area (TPSA) is 86.8 Å². The number of carbonyl (C=O) groups excluding carboxylic acids is 2. The molecule has 2 aromatic rings. The fraction of sp³-hybridized carbons (Fsp3) is 0.462. The number of rotatable bonds is 10. The van der Waals surface area contributed by atoms with Crippen molar-refractivity contribution in [3.8, 4) is 0 Å². The van der Waals surface area contributed by atoms with Gasteiger partial charge in [0.15, 0.2) is 0 Å². The van der Waals surface area contributed by atoms with E-state index < -0.39 is 34.1 Å². The Hall–Kier alpha value is -2.58. The zero-order valence-corrected chi connectivity index (χ0v) is 22.9. The van der Waals surface area contributed by atoms with E-state index in [2.05, 4.69) is 5.32 Å². The molecule has 7 nitrogen and oxygen atoms in total. The zero-order valence-electron chi connectivity index (χ0n) is 21.3. The van der Waals surface area contributed by atoms with Crippen LogP contribution in [0.2, 0.25) is 5.02 Å². The molecule has 0 aromatic heterocycles. The lowest BCUT2D eigenvalue weighted by atomic mass is 10.1. The third-order valence-corrected chi connectivity index (χ3v) is 7.09. The van der Waals surface area contributed by atoms with E-state index in [1.165, 1.54) is 4.90 Å². The van der Waals surface area contributed by atoms with Crippen LogP contribution >= 0.6 is 11.6 Å². The molecule has 0 aliphatic rings. The first kappa shape index (κ1) is 28.7. The van der Waals surface area contributed by atoms with E-state index in [4.69, 9.17) is 11.6 Å². The van der Waals surface area contributed by atoms with Crippen molar-refractivity contribution in [1.82, 2.24) is 10.2 Å². The SMILES string of the molecule is CC[C@H](C(=O)NC(C)(C)C)N(CCc1ccccc1)C(=O)CN(c1cccc(Cl)c1C)S(C)(=O)=O. The largest absolute Gasteiger partial charge is 0.350 e. The van der Waals surface area contributed by atoms with Gasteiger partial charge in [0.05, 0.1) is 11.9 Å². The number of anilines is 1. The van der Waals surface area contributed by atoms with Crippen LogP contribution in [-0.2, 0) is 26.0 Å². The lowest BCUT2D eigenvalue weighted by Gasteiger charge is -2.34. The number of carbonyl (C=O) groups is 2. The van der Waals surface area contributed by atoms with Crippen LogP contribution in [-0.4, -0.2) is 56.1 Å². The second-order valence-corrected chi connectivity index (χ2v) is 12.0. The number of nitrogens with one attached hydrogen (secondary N) is 1. The van der Waals surface area contributed by atoms with Crippen LogP contribution in [0.25, 0.3) is 0 Å². The number of nitrogens with zero attached hydrogens (tertiary/aromatic N) is 2. The molecule has 1 atom stereocenters. The summed E-state index contributed by atoms with van der Waals surface area (Å²) in [6, 6.07) is 13.8. The molecule has 0 spiro atoms. The summed E-state index contributed by atoms with van der Waals surface area (Å²) in [7, 11) is -3.81. The summed E-state index contributed by atoms with van der Waals surface area (Å²) in [5.74, 6) is -0.729. The number of halogens is 1. The van der Waals surface area contributed by atoms with Crippen LogP contribution in [0.15, 0.2) is 48.5 Å². The third kappa shape index (κ3) is 8.25. The van der Waals surface area contributed by atoms with Crippen LogP contribution < -0.4 is 9.62 Å². The fourth-order valence-corrected chi connectivity index (χ4v) is 4.88. The molecule has 2 rings (SSSR count). The molecule has 0 saturated carbocycles. The summed E-state index contributed by atoms with van der Waals surface area (Å²) in [4.78, 5) is 28.3. The molecule has 0 radical (unpaired) electrons. The zero-order chi connectivity index (χ0) is 26.4. The quantitative estimate of drug-likeness (QED) is 0.508. The van der Waals surface area contributed by atoms with Crippen molar-refractivity contribution >= 4 is 39.1 Å². The Labute approximate surface area is 214 Å². The summed E-state index contributed by atoms with van der Waals surface area (Å²) in [6.07, 6.45) is 1.97. The molecule has 35 heavy (non-hydrogen) atoms. The number of amides is 2. The molecule has 0 aliphatic heterocycles. The molecule has 9 heteroatoms. The highest BCUT2D eigenvalue weighted by molar-refractivity contribution is 7.92. The van der Waals surface area contributed by atoms with Gasteiger partial charge in [-0.2, -0.15) is 0 Å². The van der Waals surface area contributed by atoms with Gasteiger partial charge in [-0.15, -0.1) is 0 Å². The summed E-state index contributed by atoms with van der Waals surface area (Å²) < 4.78 is 26.5. The molecular weight excluding hydrogens is 486 g/mol. The van der Waals surface area contributed by atoms with Gasteiger partial charge in [-0.05, 0) is 63.8 Å². The molecule has 192 valence electrons. The van der Waals surface area contributed by atoms with Crippen molar-refractivity contribution < 1.29 is 18.0 Å². The Morgan fingerprint density at radius 2 is 1.69 bits per heavy atom. The minimum absolute atomic E-state index is 0.269. The van der Waals surface area contributed by atoms with Gasteiger partial charge in [0.2, 0.25) is 21.8 Å². The van der Waals surface area contributed by atoms with Crippen LogP contribution in [0, 0.1) is 6.92 Å². The molecule has 0 saturated heterocycles. The highest BCUT2D eigenvalue weighted by atomic mass is 35.5. The molecule has 2 amide bonds. The second-order valence-electron chi connectivity index (χ2n) is 9.64. The molecular formula is C26H36ClN3O4S. The van der Waals surface area contributed by atoms with E-state index in [-0.39, 0.29) is 12.5 Å². The van der Waals surface area contributed by atoms with E-state index in [9.17, 15) is 18.0 Å². The maximum Gasteiger partial charge on any atom is 0.244 e. The first-order chi connectivity index (χ1) is 16.2. The molecule has 0 aliphatic carbocycles. The van der Waals surface area contributed by atoms with E-state index in [0.717, 1.165) is 16.1 Å². The molecule has 2 aromatic carbocycles. The fourth-order valence-electron chi connectivity index (χ4n) is 3.81. The Bertz CT molecular complexity index is 1130. The van der Waals surface area contributed by atoms with Gasteiger partial charge in [-0.3, -0.25) is 13.9 Å². The molecule has 0 bridgehead atoms. The van der Waals surface area contributed by atoms with Crippen LogP contribution in [0.3, 0.4) is 0 Å². The highest BCUT2D eigenvalue weighted by Crippen LogP contribution is 2.28. The second kappa shape index (κ2) is 11.9. The standard InChI is InChI=1S/C26H36ClN3O4S/c1-7-22(25(32)28-26(3,4)5)29(17-16-20-12-9-8-10-13-20)24(31)18-30(35(6,33)34)23-15-11-14-21(27)19(23)2/h8-15,22H,7,16-18H2,1-6H3,(H,28,32)/t22-/m1/s1. The van der Waals surface area contributed by atoms with Gasteiger partial charge in [-0.1, -0.05) is 54.9 Å².